The van der Waals surface area contributed by atoms with E-state index in [1.54, 1.807) is 6.07 Å². The maximum absolute atomic E-state index is 12.4. The molecule has 0 radical (unpaired) electrons. The summed E-state index contributed by atoms with van der Waals surface area (Å²) in [7, 11) is 0. The van der Waals surface area contributed by atoms with Crippen molar-refractivity contribution in [1.82, 2.24) is 5.32 Å². The zero-order chi connectivity index (χ0) is 16.6. The van der Waals surface area contributed by atoms with Gasteiger partial charge in [-0.15, -0.1) is 0 Å². The number of carbonyl (C=O) groups is 1. The van der Waals surface area contributed by atoms with E-state index in [2.05, 4.69) is 5.32 Å². The van der Waals surface area contributed by atoms with Gasteiger partial charge in [-0.3, -0.25) is 4.79 Å². The second-order valence-electron chi connectivity index (χ2n) is 5.96. The normalized spacial score (nSPS) is 19.5. The molecule has 1 unspecified atom stereocenters. The van der Waals surface area contributed by atoms with Gasteiger partial charge >= 0.3 is 0 Å². The van der Waals surface area contributed by atoms with E-state index in [1.807, 2.05) is 48.5 Å². The van der Waals surface area contributed by atoms with Crippen molar-refractivity contribution in [2.75, 3.05) is 13.2 Å². The Bertz CT molecular complexity index is 868. The number of ether oxygens (including phenoxy) is 1. The number of rotatable bonds is 3. The van der Waals surface area contributed by atoms with E-state index in [4.69, 9.17) is 9.15 Å². The maximum atomic E-state index is 12.4. The highest BCUT2D eigenvalue weighted by molar-refractivity contribution is 5.96. The fraction of sp³-hybridized carbons (Fsp3) is 0.211. The van der Waals surface area contributed by atoms with Gasteiger partial charge in [0.05, 0.1) is 13.2 Å². The molecule has 0 spiro atoms. The number of hydrogen-bond acceptors (Lipinski definition) is 4. The van der Waals surface area contributed by atoms with Crippen LogP contribution in [0.15, 0.2) is 59.0 Å². The van der Waals surface area contributed by atoms with Crippen LogP contribution in [0.3, 0.4) is 0 Å². The number of carbonyl (C=O) groups excluding carboxylic acids is 1. The number of aliphatic hydroxyl groups is 1. The second-order valence-corrected chi connectivity index (χ2v) is 5.96. The predicted octanol–water partition coefficient (Wildman–Crippen LogP) is 2.83. The Morgan fingerprint density at radius 1 is 1.17 bits per heavy atom. The minimum atomic E-state index is -1.14. The summed E-state index contributed by atoms with van der Waals surface area (Å²) in [6, 6.07) is 16.5. The summed E-state index contributed by atoms with van der Waals surface area (Å²) >= 11 is 0. The van der Waals surface area contributed by atoms with E-state index in [9.17, 15) is 9.90 Å². The van der Waals surface area contributed by atoms with Gasteiger partial charge in [-0.2, -0.15) is 0 Å². The number of hydrogen-bond donors (Lipinski definition) is 2. The van der Waals surface area contributed by atoms with Gasteiger partial charge in [-0.1, -0.05) is 36.4 Å². The SMILES string of the molecule is O=C(NCC1(O)CCOc2ccccc21)c1cc2ccccc2o1. The Labute approximate surface area is 138 Å². The van der Waals surface area contributed by atoms with Crippen molar-refractivity contribution >= 4 is 16.9 Å². The van der Waals surface area contributed by atoms with Crippen LogP contribution in [-0.2, 0) is 5.60 Å². The Kier molecular flexibility index (Phi) is 3.50. The first-order valence-electron chi connectivity index (χ1n) is 7.87. The monoisotopic (exact) mass is 323 g/mol. The van der Waals surface area contributed by atoms with Crippen LogP contribution < -0.4 is 10.1 Å². The molecule has 4 rings (SSSR count). The lowest BCUT2D eigenvalue weighted by Gasteiger charge is -2.34. The average molecular weight is 323 g/mol. The molecule has 2 N–H and O–H groups in total. The van der Waals surface area contributed by atoms with Crippen LogP contribution in [0.1, 0.15) is 22.5 Å². The lowest BCUT2D eigenvalue weighted by atomic mass is 9.88. The number of nitrogens with one attached hydrogen (secondary N) is 1. The van der Waals surface area contributed by atoms with Crippen molar-refractivity contribution in [2.24, 2.45) is 0 Å². The molecule has 2 heterocycles. The van der Waals surface area contributed by atoms with E-state index >= 15 is 0 Å². The third-order valence-electron chi connectivity index (χ3n) is 4.35. The standard InChI is InChI=1S/C19H17NO4/c21-18(17-11-13-5-1-3-7-15(13)24-17)20-12-19(22)9-10-23-16-8-4-2-6-14(16)19/h1-8,11,22H,9-10,12H2,(H,20,21). The highest BCUT2D eigenvalue weighted by atomic mass is 16.5. The summed E-state index contributed by atoms with van der Waals surface area (Å²) in [4.78, 5) is 12.4. The Morgan fingerprint density at radius 2 is 1.96 bits per heavy atom. The summed E-state index contributed by atoms with van der Waals surface area (Å²) in [6.07, 6.45) is 0.421. The van der Waals surface area contributed by atoms with Crippen molar-refractivity contribution in [3.63, 3.8) is 0 Å². The van der Waals surface area contributed by atoms with E-state index in [0.717, 1.165) is 5.39 Å². The third kappa shape index (κ3) is 2.53. The van der Waals surface area contributed by atoms with Gasteiger partial charge in [0, 0.05) is 17.4 Å². The first-order chi connectivity index (χ1) is 11.7. The van der Waals surface area contributed by atoms with Crippen LogP contribution in [0.4, 0.5) is 0 Å². The highest BCUT2D eigenvalue weighted by Gasteiger charge is 2.36. The summed E-state index contributed by atoms with van der Waals surface area (Å²) in [6.45, 7) is 0.511. The summed E-state index contributed by atoms with van der Waals surface area (Å²) in [5.74, 6) is 0.549. The first-order valence-corrected chi connectivity index (χ1v) is 7.87. The van der Waals surface area contributed by atoms with Gasteiger partial charge in [-0.05, 0) is 18.2 Å². The quantitative estimate of drug-likeness (QED) is 0.777. The number of para-hydroxylation sites is 2. The van der Waals surface area contributed by atoms with Crippen LogP contribution in [0.25, 0.3) is 11.0 Å². The largest absolute Gasteiger partial charge is 0.493 e. The third-order valence-corrected chi connectivity index (χ3v) is 4.35. The van der Waals surface area contributed by atoms with Crippen LogP contribution in [-0.4, -0.2) is 24.2 Å². The predicted molar refractivity (Wildman–Crippen MR) is 89.0 cm³/mol. The van der Waals surface area contributed by atoms with E-state index in [-0.39, 0.29) is 18.2 Å². The lowest BCUT2D eigenvalue weighted by Crippen LogP contribution is -2.43. The van der Waals surface area contributed by atoms with E-state index in [0.29, 0.717) is 29.9 Å². The minimum Gasteiger partial charge on any atom is -0.493 e. The molecule has 2 aromatic carbocycles. The Hall–Kier alpha value is -2.79. The molecule has 0 aliphatic carbocycles. The number of furan rings is 1. The van der Waals surface area contributed by atoms with E-state index < -0.39 is 5.60 Å². The van der Waals surface area contributed by atoms with Gasteiger partial charge in [0.25, 0.3) is 5.91 Å². The molecule has 122 valence electrons. The fourth-order valence-corrected chi connectivity index (χ4v) is 3.03. The van der Waals surface area contributed by atoms with Gasteiger partial charge in [0.15, 0.2) is 5.76 Å². The Balaban J connectivity index is 1.53. The number of benzene rings is 2. The molecule has 5 nitrogen and oxygen atoms in total. The molecule has 0 saturated heterocycles. The zero-order valence-corrected chi connectivity index (χ0v) is 13.0. The molecule has 24 heavy (non-hydrogen) atoms. The first kappa shape index (κ1) is 14.8. The van der Waals surface area contributed by atoms with Crippen LogP contribution in [0.5, 0.6) is 5.75 Å². The van der Waals surface area contributed by atoms with Crippen LogP contribution in [0.2, 0.25) is 0 Å². The van der Waals surface area contributed by atoms with Crippen molar-refractivity contribution in [3.05, 3.63) is 65.9 Å². The molecule has 3 aromatic rings. The molecule has 1 aliphatic heterocycles. The van der Waals surface area contributed by atoms with E-state index in [1.165, 1.54) is 0 Å². The van der Waals surface area contributed by atoms with Gasteiger partial charge in [-0.25, -0.2) is 0 Å². The smallest absolute Gasteiger partial charge is 0.287 e. The van der Waals surface area contributed by atoms with Crippen molar-refractivity contribution in [2.45, 2.75) is 12.0 Å². The molecule has 1 aliphatic rings. The molecule has 1 amide bonds. The van der Waals surface area contributed by atoms with Gasteiger partial charge < -0.3 is 19.6 Å². The van der Waals surface area contributed by atoms with Crippen LogP contribution >= 0.6 is 0 Å². The lowest BCUT2D eigenvalue weighted by molar-refractivity contribution is -0.00179. The highest BCUT2D eigenvalue weighted by Crippen LogP contribution is 2.36. The maximum Gasteiger partial charge on any atom is 0.287 e. The molecule has 1 aromatic heterocycles. The molecule has 0 saturated carbocycles. The number of amides is 1. The van der Waals surface area contributed by atoms with Gasteiger partial charge in [0.1, 0.15) is 16.9 Å². The molecular formula is C19H17NO4. The van der Waals surface area contributed by atoms with Crippen molar-refractivity contribution in [1.29, 1.82) is 0 Å². The fourth-order valence-electron chi connectivity index (χ4n) is 3.03. The minimum absolute atomic E-state index is 0.100. The van der Waals surface area contributed by atoms with Gasteiger partial charge in [0.2, 0.25) is 0 Å². The summed E-state index contributed by atoms with van der Waals surface area (Å²) in [5.41, 5.74) is 0.218. The average Bonchev–Trinajstić information content (AvgIpc) is 3.04. The van der Waals surface area contributed by atoms with Crippen LogP contribution in [0, 0.1) is 0 Å². The zero-order valence-electron chi connectivity index (χ0n) is 13.0. The van der Waals surface area contributed by atoms with Crippen molar-refractivity contribution < 1.29 is 19.1 Å². The summed E-state index contributed by atoms with van der Waals surface area (Å²) < 4.78 is 11.1. The Morgan fingerprint density at radius 3 is 2.83 bits per heavy atom. The summed E-state index contributed by atoms with van der Waals surface area (Å²) in [5, 5.41) is 14.6. The second kappa shape index (κ2) is 5.69. The molecule has 5 heteroatoms. The topological polar surface area (TPSA) is 71.7 Å². The number of fused-ring (bicyclic) bond motifs is 2. The molecule has 1 atom stereocenters. The molecule has 0 fully saturated rings. The molecule has 0 bridgehead atoms. The van der Waals surface area contributed by atoms with Crippen molar-refractivity contribution in [3.8, 4) is 5.75 Å². The molecular weight excluding hydrogens is 306 g/mol.